The molecule has 1 saturated heterocycles. The highest BCUT2D eigenvalue weighted by molar-refractivity contribution is 5.96. The number of benzene rings is 2. The summed E-state index contributed by atoms with van der Waals surface area (Å²) >= 11 is 0. The first-order valence-corrected chi connectivity index (χ1v) is 8.59. The van der Waals surface area contributed by atoms with Crippen LogP contribution in [0, 0.1) is 0 Å². The van der Waals surface area contributed by atoms with Gasteiger partial charge in [0.2, 0.25) is 0 Å². The quantitative estimate of drug-likeness (QED) is 0.910. The first kappa shape index (κ1) is 17.0. The highest BCUT2D eigenvalue weighted by atomic mass is 16.5. The zero-order valence-corrected chi connectivity index (χ0v) is 14.1. The maximum absolute atomic E-state index is 12.4. The van der Waals surface area contributed by atoms with E-state index in [2.05, 4.69) is 5.32 Å². The van der Waals surface area contributed by atoms with Gasteiger partial charge in [-0.25, -0.2) is 0 Å². The Morgan fingerprint density at radius 2 is 1.60 bits per heavy atom. The molecule has 0 aromatic heterocycles. The number of para-hydroxylation sites is 1. The van der Waals surface area contributed by atoms with Crippen LogP contribution in [-0.2, 0) is 4.79 Å². The third-order valence-corrected chi connectivity index (χ3v) is 4.17. The predicted molar refractivity (Wildman–Crippen MR) is 96.8 cm³/mol. The monoisotopic (exact) mass is 338 g/mol. The molecule has 2 aromatic carbocycles. The lowest BCUT2D eigenvalue weighted by atomic mass is 10.1. The third kappa shape index (κ3) is 4.83. The molecule has 1 N–H and O–H groups in total. The molecule has 0 atom stereocenters. The number of nitrogens with zero attached hydrogens (tertiary/aromatic N) is 1. The number of carbonyl (C=O) groups excluding carboxylic acids is 2. The van der Waals surface area contributed by atoms with Gasteiger partial charge >= 0.3 is 0 Å². The molecule has 2 aromatic rings. The Bertz CT molecular complexity index is 707. The largest absolute Gasteiger partial charge is 0.484 e. The SMILES string of the molecule is O=C(COc1ccccc1)Nc1ccc(C(=O)N2CCCCC2)cc1. The topological polar surface area (TPSA) is 58.6 Å². The first-order chi connectivity index (χ1) is 12.2. The molecule has 130 valence electrons. The van der Waals surface area contributed by atoms with Gasteiger partial charge in [-0.05, 0) is 55.7 Å². The Morgan fingerprint density at radius 3 is 2.28 bits per heavy atom. The Labute approximate surface area is 147 Å². The summed E-state index contributed by atoms with van der Waals surface area (Å²) in [5.41, 5.74) is 1.30. The molecule has 0 radical (unpaired) electrons. The average Bonchev–Trinajstić information content (AvgIpc) is 2.68. The number of likely N-dealkylation sites (tertiary alicyclic amines) is 1. The second kappa shape index (κ2) is 8.33. The van der Waals surface area contributed by atoms with Crippen molar-refractivity contribution < 1.29 is 14.3 Å². The fourth-order valence-corrected chi connectivity index (χ4v) is 2.84. The zero-order chi connectivity index (χ0) is 17.5. The maximum atomic E-state index is 12.4. The van der Waals surface area contributed by atoms with Crippen molar-refractivity contribution in [1.29, 1.82) is 0 Å². The Balaban J connectivity index is 1.51. The van der Waals surface area contributed by atoms with Gasteiger partial charge in [-0.15, -0.1) is 0 Å². The second-order valence-corrected chi connectivity index (χ2v) is 6.08. The van der Waals surface area contributed by atoms with E-state index < -0.39 is 0 Å². The molecule has 0 unspecified atom stereocenters. The summed E-state index contributed by atoms with van der Waals surface area (Å²) < 4.78 is 5.41. The fraction of sp³-hybridized carbons (Fsp3) is 0.300. The summed E-state index contributed by atoms with van der Waals surface area (Å²) in [4.78, 5) is 26.2. The number of anilines is 1. The average molecular weight is 338 g/mol. The molecule has 5 nitrogen and oxygen atoms in total. The van der Waals surface area contributed by atoms with Crippen molar-refractivity contribution in [2.75, 3.05) is 25.0 Å². The van der Waals surface area contributed by atoms with Crippen LogP contribution >= 0.6 is 0 Å². The number of hydrogen-bond donors (Lipinski definition) is 1. The van der Waals surface area contributed by atoms with E-state index in [1.54, 1.807) is 36.4 Å². The van der Waals surface area contributed by atoms with Gasteiger partial charge in [-0.1, -0.05) is 18.2 Å². The minimum atomic E-state index is -0.237. The van der Waals surface area contributed by atoms with Gasteiger partial charge in [0.1, 0.15) is 5.75 Å². The zero-order valence-electron chi connectivity index (χ0n) is 14.1. The second-order valence-electron chi connectivity index (χ2n) is 6.08. The van der Waals surface area contributed by atoms with Gasteiger partial charge in [0.05, 0.1) is 0 Å². The van der Waals surface area contributed by atoms with E-state index in [9.17, 15) is 9.59 Å². The van der Waals surface area contributed by atoms with Crippen molar-refractivity contribution in [3.63, 3.8) is 0 Å². The molecular weight excluding hydrogens is 316 g/mol. The smallest absolute Gasteiger partial charge is 0.262 e. The van der Waals surface area contributed by atoms with Crippen molar-refractivity contribution in [3.05, 3.63) is 60.2 Å². The van der Waals surface area contributed by atoms with E-state index in [1.165, 1.54) is 6.42 Å². The lowest BCUT2D eigenvalue weighted by Crippen LogP contribution is -2.35. The van der Waals surface area contributed by atoms with Crippen LogP contribution in [0.3, 0.4) is 0 Å². The molecule has 1 aliphatic heterocycles. The lowest BCUT2D eigenvalue weighted by molar-refractivity contribution is -0.118. The van der Waals surface area contributed by atoms with Gasteiger partial charge in [0.25, 0.3) is 11.8 Å². The lowest BCUT2D eigenvalue weighted by Gasteiger charge is -2.26. The van der Waals surface area contributed by atoms with Crippen LogP contribution in [0.25, 0.3) is 0 Å². The summed E-state index contributed by atoms with van der Waals surface area (Å²) in [7, 11) is 0. The van der Waals surface area contributed by atoms with Crippen LogP contribution < -0.4 is 10.1 Å². The number of rotatable bonds is 5. The normalized spacial score (nSPS) is 14.0. The van der Waals surface area contributed by atoms with Crippen molar-refractivity contribution >= 4 is 17.5 Å². The summed E-state index contributed by atoms with van der Waals surface area (Å²) in [5.74, 6) is 0.476. The number of hydrogen-bond acceptors (Lipinski definition) is 3. The van der Waals surface area contributed by atoms with Crippen LogP contribution in [0.1, 0.15) is 29.6 Å². The van der Waals surface area contributed by atoms with Crippen LogP contribution in [0.5, 0.6) is 5.75 Å². The van der Waals surface area contributed by atoms with E-state index in [4.69, 9.17) is 4.74 Å². The molecule has 1 heterocycles. The van der Waals surface area contributed by atoms with Gasteiger partial charge in [-0.2, -0.15) is 0 Å². The van der Waals surface area contributed by atoms with Crippen LogP contribution in [0.15, 0.2) is 54.6 Å². The van der Waals surface area contributed by atoms with E-state index in [-0.39, 0.29) is 18.4 Å². The molecule has 3 rings (SSSR count). The van der Waals surface area contributed by atoms with Crippen molar-refractivity contribution in [3.8, 4) is 5.75 Å². The number of nitrogens with one attached hydrogen (secondary N) is 1. The molecule has 0 bridgehead atoms. The van der Waals surface area contributed by atoms with Crippen LogP contribution in [0.4, 0.5) is 5.69 Å². The summed E-state index contributed by atoms with van der Waals surface area (Å²) in [6.07, 6.45) is 3.34. The molecular formula is C20H22N2O3. The first-order valence-electron chi connectivity index (χ1n) is 8.59. The molecule has 0 spiro atoms. The molecule has 0 aliphatic carbocycles. The van der Waals surface area contributed by atoms with Gasteiger partial charge < -0.3 is 15.0 Å². The molecule has 1 fully saturated rings. The molecule has 2 amide bonds. The Hall–Kier alpha value is -2.82. The van der Waals surface area contributed by atoms with Crippen molar-refractivity contribution in [1.82, 2.24) is 4.90 Å². The maximum Gasteiger partial charge on any atom is 0.262 e. The minimum Gasteiger partial charge on any atom is -0.484 e. The number of ether oxygens (including phenoxy) is 1. The standard InChI is InChI=1S/C20H22N2O3/c23-19(15-25-18-7-3-1-4-8-18)21-17-11-9-16(10-12-17)20(24)22-13-5-2-6-14-22/h1,3-4,7-12H,2,5-6,13-15H2,(H,21,23). The van der Waals surface area contributed by atoms with Crippen molar-refractivity contribution in [2.45, 2.75) is 19.3 Å². The van der Waals surface area contributed by atoms with Crippen molar-refractivity contribution in [2.24, 2.45) is 0 Å². The van der Waals surface area contributed by atoms with Crippen LogP contribution in [-0.4, -0.2) is 36.4 Å². The summed E-state index contributed by atoms with van der Waals surface area (Å²) in [6, 6.07) is 16.2. The van der Waals surface area contributed by atoms with Gasteiger partial charge in [-0.3, -0.25) is 9.59 Å². The highest BCUT2D eigenvalue weighted by Crippen LogP contribution is 2.15. The molecule has 25 heavy (non-hydrogen) atoms. The Kier molecular flexibility index (Phi) is 5.67. The highest BCUT2D eigenvalue weighted by Gasteiger charge is 2.17. The number of carbonyl (C=O) groups is 2. The summed E-state index contributed by atoms with van der Waals surface area (Å²) in [6.45, 7) is 1.60. The van der Waals surface area contributed by atoms with Crippen LogP contribution in [0.2, 0.25) is 0 Å². The van der Waals surface area contributed by atoms with E-state index in [0.29, 0.717) is 17.0 Å². The minimum absolute atomic E-state index is 0.0571. The van der Waals surface area contributed by atoms with Gasteiger partial charge in [0, 0.05) is 24.3 Å². The van der Waals surface area contributed by atoms with E-state index >= 15 is 0 Å². The number of amides is 2. The van der Waals surface area contributed by atoms with Gasteiger partial charge in [0.15, 0.2) is 6.61 Å². The number of piperidine rings is 1. The summed E-state index contributed by atoms with van der Waals surface area (Å²) in [5, 5.41) is 2.77. The van der Waals surface area contributed by atoms with E-state index in [0.717, 1.165) is 25.9 Å². The fourth-order valence-electron chi connectivity index (χ4n) is 2.84. The predicted octanol–water partition coefficient (Wildman–Crippen LogP) is 3.33. The molecule has 0 saturated carbocycles. The third-order valence-electron chi connectivity index (χ3n) is 4.17. The molecule has 1 aliphatic rings. The molecule has 5 heteroatoms. The Morgan fingerprint density at radius 1 is 0.920 bits per heavy atom. The van der Waals surface area contributed by atoms with E-state index in [1.807, 2.05) is 23.1 Å².